The zero-order chi connectivity index (χ0) is 10.2. The van der Waals surface area contributed by atoms with Crippen LogP contribution in [0.2, 0.25) is 0 Å². The number of aromatic nitrogens is 2. The lowest BCUT2D eigenvalue weighted by molar-refractivity contribution is 0.388. The SMILES string of the molecule is CC(C)(C)Cc1ccnn1CC1CC1. The zero-order valence-electron chi connectivity index (χ0n) is 9.45. The first-order valence-electron chi connectivity index (χ1n) is 5.55. The average Bonchev–Trinajstić information content (AvgIpc) is 2.74. The Labute approximate surface area is 86.3 Å². The van der Waals surface area contributed by atoms with Crippen LogP contribution in [0.3, 0.4) is 0 Å². The Morgan fingerprint density at radius 2 is 2.14 bits per heavy atom. The Hall–Kier alpha value is -0.790. The van der Waals surface area contributed by atoms with Crippen molar-refractivity contribution in [3.05, 3.63) is 18.0 Å². The summed E-state index contributed by atoms with van der Waals surface area (Å²) in [5.41, 5.74) is 1.76. The third-order valence-corrected chi connectivity index (χ3v) is 2.64. The quantitative estimate of drug-likeness (QED) is 0.720. The first-order valence-corrected chi connectivity index (χ1v) is 5.55. The molecule has 1 fully saturated rings. The molecular weight excluding hydrogens is 172 g/mol. The smallest absolute Gasteiger partial charge is 0.0492 e. The minimum atomic E-state index is 0.362. The lowest BCUT2D eigenvalue weighted by Crippen LogP contribution is -2.14. The number of rotatable bonds is 3. The Morgan fingerprint density at radius 3 is 2.71 bits per heavy atom. The van der Waals surface area contributed by atoms with Crippen LogP contribution in [-0.4, -0.2) is 9.78 Å². The van der Waals surface area contributed by atoms with Crippen LogP contribution in [0.5, 0.6) is 0 Å². The van der Waals surface area contributed by atoms with Crippen LogP contribution in [-0.2, 0) is 13.0 Å². The van der Waals surface area contributed by atoms with Crippen LogP contribution < -0.4 is 0 Å². The lowest BCUT2D eigenvalue weighted by atomic mass is 9.90. The topological polar surface area (TPSA) is 17.8 Å². The molecule has 0 saturated heterocycles. The van der Waals surface area contributed by atoms with Crippen molar-refractivity contribution in [2.45, 2.75) is 46.6 Å². The molecule has 1 aromatic heterocycles. The Morgan fingerprint density at radius 1 is 1.43 bits per heavy atom. The highest BCUT2D eigenvalue weighted by molar-refractivity contribution is 5.03. The van der Waals surface area contributed by atoms with E-state index in [-0.39, 0.29) is 0 Å². The summed E-state index contributed by atoms with van der Waals surface area (Å²) in [5.74, 6) is 0.911. The molecule has 14 heavy (non-hydrogen) atoms. The van der Waals surface area contributed by atoms with Crippen molar-refractivity contribution in [3.8, 4) is 0 Å². The van der Waals surface area contributed by atoms with Crippen LogP contribution in [0.15, 0.2) is 12.3 Å². The van der Waals surface area contributed by atoms with Gasteiger partial charge < -0.3 is 0 Å². The van der Waals surface area contributed by atoms with Crippen molar-refractivity contribution in [3.63, 3.8) is 0 Å². The fourth-order valence-electron chi connectivity index (χ4n) is 1.76. The van der Waals surface area contributed by atoms with Crippen LogP contribution in [0.1, 0.15) is 39.3 Å². The fraction of sp³-hybridized carbons (Fsp3) is 0.750. The molecule has 1 heterocycles. The third kappa shape index (κ3) is 2.60. The van der Waals surface area contributed by atoms with E-state index < -0.39 is 0 Å². The van der Waals surface area contributed by atoms with Gasteiger partial charge in [-0.25, -0.2) is 0 Å². The van der Waals surface area contributed by atoms with Gasteiger partial charge in [0.1, 0.15) is 0 Å². The molecule has 1 aliphatic carbocycles. The van der Waals surface area contributed by atoms with Crippen LogP contribution in [0.25, 0.3) is 0 Å². The van der Waals surface area contributed by atoms with Gasteiger partial charge in [-0.15, -0.1) is 0 Å². The summed E-state index contributed by atoms with van der Waals surface area (Å²) in [7, 11) is 0. The summed E-state index contributed by atoms with van der Waals surface area (Å²) in [4.78, 5) is 0. The largest absolute Gasteiger partial charge is 0.269 e. The lowest BCUT2D eigenvalue weighted by Gasteiger charge is -2.18. The highest BCUT2D eigenvalue weighted by atomic mass is 15.3. The molecule has 0 unspecified atom stereocenters. The van der Waals surface area contributed by atoms with E-state index in [9.17, 15) is 0 Å². The van der Waals surface area contributed by atoms with Crippen molar-refractivity contribution in [2.24, 2.45) is 11.3 Å². The van der Waals surface area contributed by atoms with Gasteiger partial charge in [0.2, 0.25) is 0 Å². The van der Waals surface area contributed by atoms with Gasteiger partial charge in [-0.2, -0.15) is 5.10 Å². The van der Waals surface area contributed by atoms with Crippen LogP contribution in [0.4, 0.5) is 0 Å². The third-order valence-electron chi connectivity index (χ3n) is 2.64. The molecule has 2 nitrogen and oxygen atoms in total. The van der Waals surface area contributed by atoms with Gasteiger partial charge in [0.15, 0.2) is 0 Å². The van der Waals surface area contributed by atoms with Crippen molar-refractivity contribution < 1.29 is 0 Å². The molecular formula is C12H20N2. The first kappa shape index (κ1) is 9.75. The molecule has 1 aromatic rings. The summed E-state index contributed by atoms with van der Waals surface area (Å²) in [6.45, 7) is 7.98. The number of nitrogens with zero attached hydrogens (tertiary/aromatic N) is 2. The van der Waals surface area contributed by atoms with E-state index in [1.54, 1.807) is 0 Å². The van der Waals surface area contributed by atoms with Gasteiger partial charge in [-0.3, -0.25) is 4.68 Å². The highest BCUT2D eigenvalue weighted by Crippen LogP contribution is 2.31. The monoisotopic (exact) mass is 192 g/mol. The summed E-state index contributed by atoms with van der Waals surface area (Å²) in [6, 6.07) is 2.16. The first-order chi connectivity index (χ1) is 6.54. The van der Waals surface area contributed by atoms with Gasteiger partial charge in [-0.1, -0.05) is 20.8 Å². The Kier molecular flexibility index (Phi) is 2.38. The maximum Gasteiger partial charge on any atom is 0.0492 e. The van der Waals surface area contributed by atoms with Gasteiger partial charge in [0, 0.05) is 18.4 Å². The molecule has 2 heteroatoms. The summed E-state index contributed by atoms with van der Waals surface area (Å²) in [6.07, 6.45) is 5.85. The van der Waals surface area contributed by atoms with Crippen molar-refractivity contribution in [2.75, 3.05) is 0 Å². The molecule has 1 saturated carbocycles. The maximum absolute atomic E-state index is 4.40. The number of hydrogen-bond acceptors (Lipinski definition) is 1. The molecule has 0 amide bonds. The van der Waals surface area contributed by atoms with Crippen molar-refractivity contribution in [1.29, 1.82) is 0 Å². The normalized spacial score (nSPS) is 17.4. The predicted molar refractivity (Wildman–Crippen MR) is 58.1 cm³/mol. The molecule has 0 aliphatic heterocycles. The van der Waals surface area contributed by atoms with E-state index in [1.807, 2.05) is 6.20 Å². The van der Waals surface area contributed by atoms with Gasteiger partial charge >= 0.3 is 0 Å². The molecule has 0 atom stereocenters. The van der Waals surface area contributed by atoms with E-state index in [0.29, 0.717) is 5.41 Å². The van der Waals surface area contributed by atoms with E-state index in [2.05, 4.69) is 36.6 Å². The Bertz CT molecular complexity index is 302. The van der Waals surface area contributed by atoms with E-state index in [0.717, 1.165) is 18.9 Å². The van der Waals surface area contributed by atoms with Crippen molar-refractivity contribution >= 4 is 0 Å². The summed E-state index contributed by atoms with van der Waals surface area (Å²) >= 11 is 0. The van der Waals surface area contributed by atoms with Gasteiger partial charge in [-0.05, 0) is 36.7 Å². The molecule has 0 bridgehead atoms. The molecule has 78 valence electrons. The van der Waals surface area contributed by atoms with Crippen LogP contribution >= 0.6 is 0 Å². The average molecular weight is 192 g/mol. The molecule has 0 aromatic carbocycles. The molecule has 1 aliphatic rings. The van der Waals surface area contributed by atoms with Crippen LogP contribution in [0, 0.1) is 11.3 Å². The molecule has 0 radical (unpaired) electrons. The maximum atomic E-state index is 4.40. The Balaban J connectivity index is 2.04. The van der Waals surface area contributed by atoms with Gasteiger partial charge in [0.05, 0.1) is 0 Å². The second-order valence-electron chi connectivity index (χ2n) is 5.69. The van der Waals surface area contributed by atoms with E-state index in [4.69, 9.17) is 0 Å². The predicted octanol–water partition coefficient (Wildman–Crippen LogP) is 2.88. The molecule has 0 spiro atoms. The second kappa shape index (κ2) is 3.41. The van der Waals surface area contributed by atoms with Gasteiger partial charge in [0.25, 0.3) is 0 Å². The minimum absolute atomic E-state index is 0.362. The van der Waals surface area contributed by atoms with E-state index in [1.165, 1.54) is 18.5 Å². The standard InChI is InChI=1S/C12H20N2/c1-12(2,3)8-11-6-7-13-14(11)9-10-4-5-10/h6-7,10H,4-5,8-9H2,1-3H3. The highest BCUT2D eigenvalue weighted by Gasteiger charge is 2.23. The van der Waals surface area contributed by atoms with E-state index >= 15 is 0 Å². The molecule has 2 rings (SSSR count). The van der Waals surface area contributed by atoms with Crippen molar-refractivity contribution in [1.82, 2.24) is 9.78 Å². The summed E-state index contributed by atoms with van der Waals surface area (Å²) < 4.78 is 2.20. The molecule has 0 N–H and O–H groups in total. The minimum Gasteiger partial charge on any atom is -0.269 e. The number of hydrogen-bond donors (Lipinski definition) is 0. The fourth-order valence-corrected chi connectivity index (χ4v) is 1.76. The second-order valence-corrected chi connectivity index (χ2v) is 5.69. The zero-order valence-corrected chi connectivity index (χ0v) is 9.45. The summed E-state index contributed by atoms with van der Waals surface area (Å²) in [5, 5.41) is 4.40.